The summed E-state index contributed by atoms with van der Waals surface area (Å²) in [5, 5.41) is 9.48. The minimum atomic E-state index is -0.946. The number of imidazole rings is 1. The molecule has 0 unspecified atom stereocenters. The molecule has 0 atom stereocenters. The van der Waals surface area contributed by atoms with Crippen LogP contribution in [0.15, 0.2) is 91.3 Å². The minimum Gasteiger partial charge on any atom is -0.489 e. The van der Waals surface area contributed by atoms with E-state index in [0.29, 0.717) is 29.7 Å². The van der Waals surface area contributed by atoms with Crippen LogP contribution in [0.1, 0.15) is 54.1 Å². The van der Waals surface area contributed by atoms with Crippen LogP contribution >= 0.6 is 0 Å². The molecule has 0 radical (unpaired) electrons. The van der Waals surface area contributed by atoms with Gasteiger partial charge in [-0.3, -0.25) is 4.98 Å². The van der Waals surface area contributed by atoms with Crippen molar-refractivity contribution in [3.8, 4) is 28.6 Å². The molecule has 0 aliphatic heterocycles. The van der Waals surface area contributed by atoms with Crippen LogP contribution in [0.2, 0.25) is 0 Å². The third kappa shape index (κ3) is 5.48. The topological polar surface area (TPSA) is 86.5 Å². The molecular formula is C32H29N3O4. The van der Waals surface area contributed by atoms with Crippen molar-refractivity contribution in [2.24, 2.45) is 0 Å². The van der Waals surface area contributed by atoms with Crippen molar-refractivity contribution in [1.29, 1.82) is 0 Å². The molecule has 1 saturated carbocycles. The summed E-state index contributed by atoms with van der Waals surface area (Å²) in [6.07, 6.45) is 9.35. The van der Waals surface area contributed by atoms with Gasteiger partial charge in [-0.1, -0.05) is 31.4 Å². The molecule has 0 saturated heterocycles. The van der Waals surface area contributed by atoms with Crippen LogP contribution in [0.5, 0.6) is 17.2 Å². The first-order valence-electron chi connectivity index (χ1n) is 13.3. The Bertz CT molecular complexity index is 1590. The highest BCUT2D eigenvalue weighted by Crippen LogP contribution is 2.37. The second-order valence-electron chi connectivity index (χ2n) is 9.86. The second kappa shape index (κ2) is 11.0. The van der Waals surface area contributed by atoms with E-state index in [-0.39, 0.29) is 5.56 Å². The van der Waals surface area contributed by atoms with Crippen LogP contribution < -0.4 is 9.47 Å². The Hall–Kier alpha value is -4.65. The summed E-state index contributed by atoms with van der Waals surface area (Å²) in [7, 11) is 0. The summed E-state index contributed by atoms with van der Waals surface area (Å²) < 4.78 is 14.3. The van der Waals surface area contributed by atoms with E-state index in [9.17, 15) is 9.90 Å². The Morgan fingerprint density at radius 1 is 0.897 bits per heavy atom. The number of pyridine rings is 1. The van der Waals surface area contributed by atoms with Crippen LogP contribution in [-0.4, -0.2) is 25.6 Å². The van der Waals surface area contributed by atoms with Gasteiger partial charge >= 0.3 is 5.97 Å². The molecule has 1 aliphatic rings. The van der Waals surface area contributed by atoms with Gasteiger partial charge in [0.1, 0.15) is 29.7 Å². The summed E-state index contributed by atoms with van der Waals surface area (Å²) in [5.41, 5.74) is 3.90. The van der Waals surface area contributed by atoms with Crippen LogP contribution in [0.4, 0.5) is 0 Å². The van der Waals surface area contributed by atoms with Crippen LogP contribution in [0.3, 0.4) is 0 Å². The van der Waals surface area contributed by atoms with Gasteiger partial charge in [0.05, 0.1) is 16.6 Å². The number of carbonyl (C=O) groups is 1. The molecule has 3 aromatic carbocycles. The number of rotatable bonds is 8. The van der Waals surface area contributed by atoms with Crippen LogP contribution in [-0.2, 0) is 6.61 Å². The Labute approximate surface area is 226 Å². The fourth-order valence-corrected chi connectivity index (χ4v) is 5.23. The Balaban J connectivity index is 1.24. The van der Waals surface area contributed by atoms with Gasteiger partial charge in [0.25, 0.3) is 0 Å². The summed E-state index contributed by atoms with van der Waals surface area (Å²) in [4.78, 5) is 20.6. The van der Waals surface area contributed by atoms with Crippen molar-refractivity contribution < 1.29 is 19.4 Å². The summed E-state index contributed by atoms with van der Waals surface area (Å²) in [6, 6.07) is 24.9. The fraction of sp³-hybridized carbons (Fsp3) is 0.219. The van der Waals surface area contributed by atoms with Gasteiger partial charge in [-0.05, 0) is 73.5 Å². The number of fused-ring (bicyclic) bond motifs is 1. The first kappa shape index (κ1) is 24.7. The maximum atomic E-state index is 11.6. The van der Waals surface area contributed by atoms with Crippen molar-refractivity contribution in [3.63, 3.8) is 0 Å². The molecule has 39 heavy (non-hydrogen) atoms. The highest BCUT2D eigenvalue weighted by Gasteiger charge is 2.23. The molecule has 1 N–H and O–H groups in total. The summed E-state index contributed by atoms with van der Waals surface area (Å²) >= 11 is 0. The van der Waals surface area contributed by atoms with Crippen molar-refractivity contribution in [3.05, 3.63) is 102 Å². The monoisotopic (exact) mass is 519 g/mol. The standard InChI is InChI=1S/C32H29N3O4/c36-32(37)24-13-16-30-29(18-24)34-31(35(30)25-7-2-1-3-8-25)23-11-14-26(15-12-23)39-28-10-4-9-27(19-28)38-21-22-6-5-17-33-20-22/h4-6,9-20,25H,1-3,7-8,21H2,(H,36,37). The third-order valence-electron chi connectivity index (χ3n) is 7.16. The molecule has 5 aromatic rings. The van der Waals surface area contributed by atoms with E-state index in [2.05, 4.69) is 9.55 Å². The zero-order valence-electron chi connectivity index (χ0n) is 21.5. The van der Waals surface area contributed by atoms with Gasteiger partial charge in [-0.25, -0.2) is 9.78 Å². The molecule has 196 valence electrons. The van der Waals surface area contributed by atoms with Crippen molar-refractivity contribution >= 4 is 17.0 Å². The SMILES string of the molecule is O=C(O)c1ccc2c(c1)nc(-c1ccc(Oc3cccc(OCc4cccnc4)c3)cc1)n2C1CCCCC1. The first-order chi connectivity index (χ1) is 19.1. The number of ether oxygens (including phenoxy) is 2. The highest BCUT2D eigenvalue weighted by molar-refractivity contribution is 5.93. The molecule has 7 nitrogen and oxygen atoms in total. The smallest absolute Gasteiger partial charge is 0.335 e. The van der Waals surface area contributed by atoms with Gasteiger partial charge < -0.3 is 19.1 Å². The number of benzene rings is 3. The van der Waals surface area contributed by atoms with Gasteiger partial charge in [-0.2, -0.15) is 0 Å². The average Bonchev–Trinajstić information content (AvgIpc) is 3.36. The largest absolute Gasteiger partial charge is 0.489 e. The second-order valence-corrected chi connectivity index (χ2v) is 9.86. The molecule has 0 bridgehead atoms. The molecule has 1 aliphatic carbocycles. The Morgan fingerprint density at radius 3 is 2.49 bits per heavy atom. The number of aromatic carboxylic acids is 1. The fourth-order valence-electron chi connectivity index (χ4n) is 5.23. The number of carboxylic acid groups (broad SMARTS) is 1. The van der Waals surface area contributed by atoms with E-state index < -0.39 is 5.97 Å². The van der Waals surface area contributed by atoms with E-state index in [4.69, 9.17) is 14.5 Å². The Morgan fingerprint density at radius 2 is 1.72 bits per heavy atom. The van der Waals surface area contributed by atoms with Crippen molar-refractivity contribution in [1.82, 2.24) is 14.5 Å². The number of aromatic nitrogens is 3. The average molecular weight is 520 g/mol. The number of hydrogen-bond donors (Lipinski definition) is 1. The minimum absolute atomic E-state index is 0.248. The van der Waals surface area contributed by atoms with Crippen LogP contribution in [0.25, 0.3) is 22.4 Å². The van der Waals surface area contributed by atoms with Gasteiger partial charge in [0, 0.05) is 35.6 Å². The third-order valence-corrected chi connectivity index (χ3v) is 7.16. The highest BCUT2D eigenvalue weighted by atomic mass is 16.5. The molecule has 2 aromatic heterocycles. The summed E-state index contributed by atoms with van der Waals surface area (Å²) in [5.74, 6) is 2.02. The van der Waals surface area contributed by atoms with E-state index in [1.165, 1.54) is 19.3 Å². The van der Waals surface area contributed by atoms with Gasteiger partial charge in [0.2, 0.25) is 0 Å². The van der Waals surface area contributed by atoms with E-state index >= 15 is 0 Å². The van der Waals surface area contributed by atoms with Crippen LogP contribution in [0, 0.1) is 0 Å². The summed E-state index contributed by atoms with van der Waals surface area (Å²) in [6.45, 7) is 0.432. The lowest BCUT2D eigenvalue weighted by atomic mass is 9.95. The quantitative estimate of drug-likeness (QED) is 0.226. The first-order valence-corrected chi connectivity index (χ1v) is 13.3. The lowest BCUT2D eigenvalue weighted by Gasteiger charge is -2.25. The van der Waals surface area contributed by atoms with E-state index in [1.807, 2.05) is 66.7 Å². The molecule has 7 heteroatoms. The molecule has 1 fully saturated rings. The number of nitrogens with zero attached hydrogens (tertiary/aromatic N) is 3. The van der Waals surface area contributed by atoms with Crippen molar-refractivity contribution in [2.75, 3.05) is 0 Å². The maximum Gasteiger partial charge on any atom is 0.335 e. The predicted molar refractivity (Wildman–Crippen MR) is 149 cm³/mol. The zero-order chi connectivity index (χ0) is 26.6. The normalized spacial score (nSPS) is 13.8. The molecular weight excluding hydrogens is 490 g/mol. The van der Waals surface area contributed by atoms with E-state index in [1.54, 1.807) is 24.5 Å². The molecule has 0 amide bonds. The van der Waals surface area contributed by atoms with Crippen molar-refractivity contribution in [2.45, 2.75) is 44.8 Å². The Kier molecular flexibility index (Phi) is 6.95. The zero-order valence-corrected chi connectivity index (χ0v) is 21.5. The molecule has 2 heterocycles. The number of hydrogen-bond acceptors (Lipinski definition) is 5. The van der Waals surface area contributed by atoms with E-state index in [0.717, 1.165) is 41.1 Å². The van der Waals surface area contributed by atoms with Gasteiger partial charge in [-0.15, -0.1) is 0 Å². The molecule has 6 rings (SSSR count). The lowest BCUT2D eigenvalue weighted by molar-refractivity contribution is 0.0697. The number of carboxylic acids is 1. The predicted octanol–water partition coefficient (Wildman–Crippen LogP) is 7.67. The van der Waals surface area contributed by atoms with Gasteiger partial charge in [0.15, 0.2) is 0 Å². The molecule has 0 spiro atoms. The lowest BCUT2D eigenvalue weighted by Crippen LogP contribution is -2.14. The maximum absolute atomic E-state index is 11.6.